The van der Waals surface area contributed by atoms with Crippen molar-refractivity contribution in [2.45, 2.75) is 20.3 Å². The number of aliphatic imine (C=N–C) groups is 2. The third-order valence-electron chi connectivity index (χ3n) is 7.95. The Labute approximate surface area is 286 Å². The largest absolute Gasteiger partial charge is 0.306 e. The van der Waals surface area contributed by atoms with E-state index in [4.69, 9.17) is 9.98 Å². The van der Waals surface area contributed by atoms with Crippen molar-refractivity contribution in [1.29, 1.82) is 0 Å². The first kappa shape index (κ1) is 32.5. The summed E-state index contributed by atoms with van der Waals surface area (Å²) >= 11 is 0. The van der Waals surface area contributed by atoms with Crippen LogP contribution in [0, 0.1) is 13.8 Å². The van der Waals surface area contributed by atoms with Gasteiger partial charge >= 0.3 is 0 Å². The van der Waals surface area contributed by atoms with E-state index in [1.54, 1.807) is 24.3 Å². The zero-order valence-electron chi connectivity index (χ0n) is 27.4. The third-order valence-corrected chi connectivity index (χ3v) is 7.95. The van der Waals surface area contributed by atoms with Crippen LogP contribution in [0.3, 0.4) is 0 Å². The molecule has 0 saturated heterocycles. The van der Waals surface area contributed by atoms with Gasteiger partial charge in [0, 0.05) is 22.3 Å². The molecule has 6 heteroatoms. The maximum atomic E-state index is 13.0. The Morgan fingerprint density at radius 2 is 0.776 bits per heavy atom. The van der Waals surface area contributed by atoms with Gasteiger partial charge < -0.3 is 10.6 Å². The van der Waals surface area contributed by atoms with Crippen LogP contribution in [-0.2, 0) is 6.42 Å². The van der Waals surface area contributed by atoms with Crippen LogP contribution in [0.15, 0.2) is 168 Å². The van der Waals surface area contributed by atoms with Gasteiger partial charge in [-0.25, -0.2) is 9.98 Å². The number of amidine groups is 2. The molecule has 6 nitrogen and oxygen atoms in total. The van der Waals surface area contributed by atoms with Gasteiger partial charge in [0.25, 0.3) is 11.8 Å². The van der Waals surface area contributed by atoms with Crippen molar-refractivity contribution < 1.29 is 9.59 Å². The number of carbonyl (C=O) groups is 2. The first-order valence-electron chi connectivity index (χ1n) is 16.1. The summed E-state index contributed by atoms with van der Waals surface area (Å²) in [5.41, 5.74) is 8.75. The summed E-state index contributed by atoms with van der Waals surface area (Å²) in [5, 5.41) is 6.00. The number of aryl methyl sites for hydroxylation is 2. The van der Waals surface area contributed by atoms with E-state index < -0.39 is 0 Å². The highest BCUT2D eigenvalue weighted by Gasteiger charge is 2.13. The van der Waals surface area contributed by atoms with Crippen molar-refractivity contribution in [3.63, 3.8) is 0 Å². The highest BCUT2D eigenvalue weighted by Crippen LogP contribution is 2.21. The van der Waals surface area contributed by atoms with Crippen LogP contribution < -0.4 is 10.6 Å². The number of rotatable bonds is 8. The predicted octanol–water partition coefficient (Wildman–Crippen LogP) is 8.91. The number of carbonyl (C=O) groups excluding carboxylic acids is 2. The van der Waals surface area contributed by atoms with Crippen LogP contribution in [0.2, 0.25) is 0 Å². The molecule has 0 bridgehead atoms. The number of hydrogen-bond acceptors (Lipinski definition) is 4. The average molecular weight is 641 g/mol. The Balaban J connectivity index is 1.18. The Kier molecular flexibility index (Phi) is 10.3. The zero-order chi connectivity index (χ0) is 34.0. The van der Waals surface area contributed by atoms with Crippen LogP contribution in [0.5, 0.6) is 0 Å². The van der Waals surface area contributed by atoms with Gasteiger partial charge in [-0.3, -0.25) is 9.59 Å². The van der Waals surface area contributed by atoms with E-state index in [1.807, 2.05) is 147 Å². The van der Waals surface area contributed by atoms with Gasteiger partial charge in [-0.05, 0) is 79.9 Å². The van der Waals surface area contributed by atoms with Crippen LogP contribution in [0.1, 0.15) is 54.1 Å². The van der Waals surface area contributed by atoms with Crippen molar-refractivity contribution in [1.82, 2.24) is 10.6 Å². The molecule has 2 amide bonds. The van der Waals surface area contributed by atoms with Crippen molar-refractivity contribution in [3.05, 3.63) is 202 Å². The van der Waals surface area contributed by atoms with Crippen molar-refractivity contribution >= 4 is 34.9 Å². The summed E-state index contributed by atoms with van der Waals surface area (Å²) in [7, 11) is 0. The molecule has 6 rings (SSSR count). The quantitative estimate of drug-likeness (QED) is 0.129. The summed E-state index contributed by atoms with van der Waals surface area (Å²) in [5.74, 6) is 0.549. The molecular formula is C43H36N4O2. The summed E-state index contributed by atoms with van der Waals surface area (Å²) in [6, 6.07) is 50.1. The molecule has 0 aromatic heterocycles. The summed E-state index contributed by atoms with van der Waals surface area (Å²) < 4.78 is 0. The molecule has 0 aliphatic rings. The van der Waals surface area contributed by atoms with Crippen molar-refractivity contribution in [2.75, 3.05) is 0 Å². The van der Waals surface area contributed by atoms with Gasteiger partial charge in [0.2, 0.25) is 0 Å². The topological polar surface area (TPSA) is 82.9 Å². The van der Waals surface area contributed by atoms with Gasteiger partial charge in [0.05, 0.1) is 11.4 Å². The minimum Gasteiger partial charge on any atom is -0.306 e. The van der Waals surface area contributed by atoms with E-state index in [2.05, 4.69) is 10.6 Å². The van der Waals surface area contributed by atoms with Crippen LogP contribution >= 0.6 is 0 Å². The number of amides is 2. The lowest BCUT2D eigenvalue weighted by molar-refractivity contribution is 0.0968. The molecule has 240 valence electrons. The number of nitrogens with one attached hydrogen (secondary N) is 2. The van der Waals surface area contributed by atoms with E-state index in [0.29, 0.717) is 22.8 Å². The van der Waals surface area contributed by atoms with E-state index in [0.717, 1.165) is 51.2 Å². The van der Waals surface area contributed by atoms with Crippen molar-refractivity contribution in [2.24, 2.45) is 9.98 Å². The molecule has 49 heavy (non-hydrogen) atoms. The molecule has 0 aliphatic heterocycles. The molecule has 0 radical (unpaired) electrons. The molecule has 0 heterocycles. The fourth-order valence-electron chi connectivity index (χ4n) is 5.16. The smallest absolute Gasteiger partial charge is 0.256 e. The molecule has 0 spiro atoms. The van der Waals surface area contributed by atoms with E-state index in [9.17, 15) is 9.59 Å². The fourth-order valence-corrected chi connectivity index (χ4v) is 5.16. The second kappa shape index (κ2) is 15.5. The highest BCUT2D eigenvalue weighted by molar-refractivity contribution is 6.14. The lowest BCUT2D eigenvalue weighted by atomic mass is 10.0. The summed E-state index contributed by atoms with van der Waals surface area (Å²) in [4.78, 5) is 35.6. The lowest BCUT2D eigenvalue weighted by Gasteiger charge is -2.11. The molecule has 6 aromatic carbocycles. The molecule has 0 atom stereocenters. The number of benzene rings is 6. The maximum absolute atomic E-state index is 13.0. The standard InChI is InChI=1S/C43H36N4O2/c1-30-13-21-34(22-14-30)40(46-42(48)36-9-5-3-6-10-36)44-38-25-17-32(18-26-38)29-33-19-27-39(28-20-33)45-41(35-23-15-31(2)16-24-35)47-43(49)37-11-7-4-8-12-37/h3-28H,29H2,1-2H3,(H,44,46,48)(H,45,47,49). The summed E-state index contributed by atoms with van der Waals surface area (Å²) in [6.07, 6.45) is 0.721. The number of nitrogens with zero attached hydrogens (tertiary/aromatic N) is 2. The fraction of sp³-hybridized carbons (Fsp3) is 0.0698. The van der Waals surface area contributed by atoms with Crippen molar-refractivity contribution in [3.8, 4) is 0 Å². The van der Waals surface area contributed by atoms with E-state index in [-0.39, 0.29) is 11.8 Å². The van der Waals surface area contributed by atoms with Gasteiger partial charge in [-0.1, -0.05) is 120 Å². The molecule has 0 unspecified atom stereocenters. The SMILES string of the molecule is Cc1ccc(C(=Nc2ccc(Cc3ccc(N=C(NC(=O)c4ccccc4)c4ccc(C)cc4)cc3)cc2)NC(=O)c2ccccc2)cc1. The van der Waals surface area contributed by atoms with Crippen LogP contribution in [-0.4, -0.2) is 23.5 Å². The van der Waals surface area contributed by atoms with Gasteiger partial charge in [0.15, 0.2) is 0 Å². The summed E-state index contributed by atoms with van der Waals surface area (Å²) in [6.45, 7) is 4.05. The van der Waals surface area contributed by atoms with E-state index >= 15 is 0 Å². The molecule has 2 N–H and O–H groups in total. The predicted molar refractivity (Wildman–Crippen MR) is 198 cm³/mol. The van der Waals surface area contributed by atoms with E-state index in [1.165, 1.54) is 0 Å². The van der Waals surface area contributed by atoms with Gasteiger partial charge in [0.1, 0.15) is 11.7 Å². The second-order valence-corrected chi connectivity index (χ2v) is 11.8. The van der Waals surface area contributed by atoms with Crippen LogP contribution in [0.4, 0.5) is 11.4 Å². The highest BCUT2D eigenvalue weighted by atomic mass is 16.2. The zero-order valence-corrected chi connectivity index (χ0v) is 27.4. The second-order valence-electron chi connectivity index (χ2n) is 11.8. The van der Waals surface area contributed by atoms with Crippen LogP contribution in [0.25, 0.3) is 0 Å². The van der Waals surface area contributed by atoms with Gasteiger partial charge in [-0.15, -0.1) is 0 Å². The Hall–Kier alpha value is -6.40. The molecular weight excluding hydrogens is 604 g/mol. The first-order valence-corrected chi connectivity index (χ1v) is 16.1. The van der Waals surface area contributed by atoms with Gasteiger partial charge in [-0.2, -0.15) is 0 Å². The normalized spacial score (nSPS) is 11.6. The third kappa shape index (κ3) is 8.90. The first-order chi connectivity index (χ1) is 23.9. The molecule has 0 fully saturated rings. The Morgan fingerprint density at radius 1 is 0.429 bits per heavy atom. The average Bonchev–Trinajstić information content (AvgIpc) is 3.14. The Bertz CT molecular complexity index is 1930. The lowest BCUT2D eigenvalue weighted by Crippen LogP contribution is -2.31. The number of hydrogen-bond donors (Lipinski definition) is 2. The minimum atomic E-state index is -0.214. The maximum Gasteiger partial charge on any atom is 0.256 e. The Morgan fingerprint density at radius 3 is 1.12 bits per heavy atom. The molecule has 0 aliphatic carbocycles. The molecule has 0 saturated carbocycles. The monoisotopic (exact) mass is 640 g/mol. The minimum absolute atomic E-state index is 0.214. The molecule has 6 aromatic rings.